The number of rotatable bonds is 2. The smallest absolute Gasteiger partial charge is 0.226 e. The van der Waals surface area contributed by atoms with Crippen LogP contribution in [0.25, 0.3) is 17.3 Å². The summed E-state index contributed by atoms with van der Waals surface area (Å²) in [7, 11) is 2.15. The van der Waals surface area contributed by atoms with Crippen molar-refractivity contribution in [2.75, 3.05) is 38.1 Å². The van der Waals surface area contributed by atoms with Gasteiger partial charge in [-0.15, -0.1) is 0 Å². The third kappa shape index (κ3) is 3.47. The lowest BCUT2D eigenvalue weighted by molar-refractivity contribution is 0.0318. The Balaban J connectivity index is 1.46. The molecule has 1 aromatic carbocycles. The number of anilines is 1. The van der Waals surface area contributed by atoms with Crippen LogP contribution in [-0.2, 0) is 0 Å². The fourth-order valence-corrected chi connectivity index (χ4v) is 3.97. The predicted octanol–water partition coefficient (Wildman–Crippen LogP) is 2.87. The standard InChI is InChI=1S/C22H23FN4O2/c1-25-7-2-8-26(10-9-25)17-5-3-15-11-18(22(28)29-20(15)12-17)19-14-27-13-16(23)4-6-21(27)24-19/h3-6,11-14,22,28H,2,7-10H2,1H3. The minimum Gasteiger partial charge on any atom is -0.460 e. The van der Waals surface area contributed by atoms with E-state index in [0.717, 1.165) is 43.9 Å². The van der Waals surface area contributed by atoms with Gasteiger partial charge in [-0.25, -0.2) is 9.37 Å². The van der Waals surface area contributed by atoms with Crippen LogP contribution in [0, 0.1) is 5.82 Å². The molecule has 1 unspecified atom stereocenters. The van der Waals surface area contributed by atoms with Crippen LogP contribution in [0.3, 0.4) is 0 Å². The highest BCUT2D eigenvalue weighted by atomic mass is 19.1. The summed E-state index contributed by atoms with van der Waals surface area (Å²) in [6, 6.07) is 9.08. The van der Waals surface area contributed by atoms with Crippen LogP contribution in [-0.4, -0.2) is 58.9 Å². The average molecular weight is 394 g/mol. The zero-order chi connectivity index (χ0) is 20.0. The lowest BCUT2D eigenvalue weighted by Gasteiger charge is -2.27. The largest absolute Gasteiger partial charge is 0.460 e. The van der Waals surface area contributed by atoms with Gasteiger partial charge in [0.05, 0.1) is 5.69 Å². The third-order valence-corrected chi connectivity index (χ3v) is 5.61. The number of hydrogen-bond donors (Lipinski definition) is 1. The Labute approximate surface area is 168 Å². The maximum atomic E-state index is 13.5. The van der Waals surface area contributed by atoms with Crippen molar-refractivity contribution in [3.05, 3.63) is 59.8 Å². The van der Waals surface area contributed by atoms with Crippen molar-refractivity contribution in [2.45, 2.75) is 12.7 Å². The molecule has 2 aliphatic rings. The number of fused-ring (bicyclic) bond motifs is 2. The maximum Gasteiger partial charge on any atom is 0.226 e. The number of hydrogen-bond acceptors (Lipinski definition) is 5. The Bertz CT molecular complexity index is 1090. The number of ether oxygens (including phenoxy) is 1. The molecule has 3 aromatic rings. The van der Waals surface area contributed by atoms with E-state index in [4.69, 9.17) is 4.74 Å². The number of imidazole rings is 1. The van der Waals surface area contributed by atoms with Crippen LogP contribution >= 0.6 is 0 Å². The molecule has 0 saturated carbocycles. The van der Waals surface area contributed by atoms with E-state index in [-0.39, 0.29) is 5.82 Å². The number of halogens is 1. The van der Waals surface area contributed by atoms with E-state index in [9.17, 15) is 9.50 Å². The average Bonchev–Trinajstić information content (AvgIpc) is 2.99. The van der Waals surface area contributed by atoms with Crippen LogP contribution in [0.15, 0.2) is 42.7 Å². The summed E-state index contributed by atoms with van der Waals surface area (Å²) in [6.45, 7) is 4.10. The molecule has 7 heteroatoms. The molecule has 1 saturated heterocycles. The number of aliphatic hydroxyl groups is 1. The van der Waals surface area contributed by atoms with Gasteiger partial charge in [0.25, 0.3) is 0 Å². The van der Waals surface area contributed by atoms with Gasteiger partial charge in [0.15, 0.2) is 0 Å². The molecule has 0 amide bonds. The second-order valence-corrected chi connectivity index (χ2v) is 7.67. The van der Waals surface area contributed by atoms with Gasteiger partial charge in [-0.1, -0.05) is 0 Å². The topological polar surface area (TPSA) is 53.2 Å². The molecule has 2 aliphatic heterocycles. The highest BCUT2D eigenvalue weighted by molar-refractivity contribution is 5.86. The van der Waals surface area contributed by atoms with Crippen molar-refractivity contribution < 1.29 is 14.2 Å². The molecule has 4 heterocycles. The first-order valence-corrected chi connectivity index (χ1v) is 9.85. The predicted molar refractivity (Wildman–Crippen MR) is 110 cm³/mol. The number of aliphatic hydroxyl groups excluding tert-OH is 1. The fourth-order valence-electron chi connectivity index (χ4n) is 3.97. The highest BCUT2D eigenvalue weighted by Crippen LogP contribution is 2.36. The molecule has 6 nitrogen and oxygen atoms in total. The van der Waals surface area contributed by atoms with Crippen molar-refractivity contribution >= 4 is 23.0 Å². The van der Waals surface area contributed by atoms with E-state index in [2.05, 4.69) is 27.9 Å². The Morgan fingerprint density at radius 1 is 1.10 bits per heavy atom. The summed E-state index contributed by atoms with van der Waals surface area (Å²) >= 11 is 0. The van der Waals surface area contributed by atoms with Crippen molar-refractivity contribution in [3.63, 3.8) is 0 Å². The summed E-state index contributed by atoms with van der Waals surface area (Å²) in [4.78, 5) is 9.18. The van der Waals surface area contributed by atoms with Gasteiger partial charge >= 0.3 is 0 Å². The van der Waals surface area contributed by atoms with Gasteiger partial charge in [0, 0.05) is 54.9 Å². The van der Waals surface area contributed by atoms with Gasteiger partial charge in [-0.05, 0) is 50.4 Å². The van der Waals surface area contributed by atoms with Crippen molar-refractivity contribution in [1.82, 2.24) is 14.3 Å². The maximum absolute atomic E-state index is 13.5. The van der Waals surface area contributed by atoms with Gasteiger partial charge in [-0.2, -0.15) is 0 Å². The first-order valence-electron chi connectivity index (χ1n) is 9.85. The summed E-state index contributed by atoms with van der Waals surface area (Å²) in [6.07, 6.45) is 4.95. The second kappa shape index (κ2) is 7.17. The molecule has 0 radical (unpaired) electrons. The van der Waals surface area contributed by atoms with Crippen LogP contribution < -0.4 is 9.64 Å². The first-order chi connectivity index (χ1) is 14.1. The molecule has 150 valence electrons. The van der Waals surface area contributed by atoms with E-state index < -0.39 is 6.29 Å². The van der Waals surface area contributed by atoms with Crippen LogP contribution in [0.5, 0.6) is 5.75 Å². The minimum atomic E-state index is -1.12. The minimum absolute atomic E-state index is 0.339. The van der Waals surface area contributed by atoms with E-state index >= 15 is 0 Å². The van der Waals surface area contributed by atoms with Gasteiger partial charge in [-0.3, -0.25) is 0 Å². The zero-order valence-corrected chi connectivity index (χ0v) is 16.3. The summed E-state index contributed by atoms with van der Waals surface area (Å²) in [5.74, 6) is 0.319. The lowest BCUT2D eigenvalue weighted by Crippen LogP contribution is -2.29. The van der Waals surface area contributed by atoms with Crippen molar-refractivity contribution in [1.29, 1.82) is 0 Å². The second-order valence-electron chi connectivity index (χ2n) is 7.67. The van der Waals surface area contributed by atoms with Crippen molar-refractivity contribution in [2.24, 2.45) is 0 Å². The Morgan fingerprint density at radius 2 is 2.00 bits per heavy atom. The van der Waals surface area contributed by atoms with Crippen LogP contribution in [0.1, 0.15) is 17.7 Å². The molecule has 29 heavy (non-hydrogen) atoms. The van der Waals surface area contributed by atoms with E-state index in [1.54, 1.807) is 16.7 Å². The SMILES string of the molecule is CN1CCCN(c2ccc3c(c2)OC(O)C(c2cn4cc(F)ccc4n2)=C3)CC1. The normalized spacial score (nSPS) is 20.2. The molecule has 0 aliphatic carbocycles. The molecular weight excluding hydrogens is 371 g/mol. The zero-order valence-electron chi connectivity index (χ0n) is 16.3. The summed E-state index contributed by atoms with van der Waals surface area (Å²) in [5, 5.41) is 10.6. The third-order valence-electron chi connectivity index (χ3n) is 5.61. The van der Waals surface area contributed by atoms with E-state index in [1.807, 2.05) is 18.2 Å². The van der Waals surface area contributed by atoms with Crippen molar-refractivity contribution in [3.8, 4) is 5.75 Å². The van der Waals surface area contributed by atoms with Gasteiger partial charge < -0.3 is 24.0 Å². The van der Waals surface area contributed by atoms with Crippen LogP contribution in [0.2, 0.25) is 0 Å². The van der Waals surface area contributed by atoms with Gasteiger partial charge in [0.2, 0.25) is 6.29 Å². The molecular formula is C22H23FN4O2. The summed E-state index contributed by atoms with van der Waals surface area (Å²) < 4.78 is 20.9. The van der Waals surface area contributed by atoms with E-state index in [0.29, 0.717) is 22.7 Å². The lowest BCUT2D eigenvalue weighted by atomic mass is 10.0. The first kappa shape index (κ1) is 18.1. The quantitative estimate of drug-likeness (QED) is 0.724. The number of aromatic nitrogens is 2. The summed E-state index contributed by atoms with van der Waals surface area (Å²) in [5.41, 5.74) is 3.73. The number of pyridine rings is 1. The molecule has 2 aromatic heterocycles. The molecule has 5 rings (SSSR count). The highest BCUT2D eigenvalue weighted by Gasteiger charge is 2.25. The van der Waals surface area contributed by atoms with Gasteiger partial charge in [0.1, 0.15) is 17.2 Å². The monoisotopic (exact) mass is 394 g/mol. The molecule has 0 bridgehead atoms. The molecule has 1 N–H and O–H groups in total. The number of benzene rings is 1. The number of likely N-dealkylation sites (N-methyl/N-ethyl adjacent to an activating group) is 1. The fraction of sp³-hybridized carbons (Fsp3) is 0.318. The molecule has 1 atom stereocenters. The van der Waals surface area contributed by atoms with Crippen LogP contribution in [0.4, 0.5) is 10.1 Å². The Kier molecular flexibility index (Phi) is 4.49. The Hall–Kier alpha value is -2.90. The Morgan fingerprint density at radius 3 is 2.90 bits per heavy atom. The molecule has 1 fully saturated rings. The molecule has 0 spiro atoms. The van der Waals surface area contributed by atoms with E-state index in [1.165, 1.54) is 12.3 Å². The number of nitrogens with zero attached hydrogens (tertiary/aromatic N) is 4.